The Balaban J connectivity index is 1.54. The summed E-state index contributed by atoms with van der Waals surface area (Å²) in [5, 5.41) is 19.6. The average Bonchev–Trinajstić information content (AvgIpc) is 3.04. The van der Waals surface area contributed by atoms with Crippen molar-refractivity contribution < 1.29 is 27.9 Å². The zero-order valence-electron chi connectivity index (χ0n) is 18.3. The van der Waals surface area contributed by atoms with E-state index in [9.17, 15) is 18.5 Å². The monoisotopic (exact) mass is 532 g/mol. The molecule has 2 atom stereocenters. The van der Waals surface area contributed by atoms with Gasteiger partial charge >= 0.3 is 7.12 Å². The lowest BCUT2D eigenvalue weighted by atomic mass is 9.74. The molecule has 4 rings (SSSR count). The first-order valence-electron chi connectivity index (χ1n) is 10.8. The Labute approximate surface area is 203 Å². The van der Waals surface area contributed by atoms with Crippen LogP contribution in [0.5, 0.6) is 11.5 Å². The third kappa shape index (κ3) is 5.71. The van der Waals surface area contributed by atoms with Crippen LogP contribution in [0.15, 0.2) is 69.7 Å². The number of phenolic OH excluding ortho intramolecular Hbond substituents is 1. The van der Waals surface area contributed by atoms with E-state index in [2.05, 4.69) is 15.9 Å². The summed E-state index contributed by atoms with van der Waals surface area (Å²) >= 11 is 3.41. The van der Waals surface area contributed by atoms with E-state index in [0.29, 0.717) is 29.7 Å². The predicted octanol–water partition coefficient (Wildman–Crippen LogP) is 4.39. The van der Waals surface area contributed by atoms with Crippen LogP contribution in [0.2, 0.25) is 6.32 Å². The summed E-state index contributed by atoms with van der Waals surface area (Å²) in [6, 6.07) is 14.5. The molecule has 2 aromatic carbocycles. The molecule has 0 spiro atoms. The zero-order valence-corrected chi connectivity index (χ0v) is 20.7. The quantitative estimate of drug-likeness (QED) is 0.406. The van der Waals surface area contributed by atoms with Crippen LogP contribution in [-0.4, -0.2) is 49.4 Å². The molecule has 2 N–H and O–H groups in total. The number of allylic oxidation sites excluding steroid dienone is 1. The van der Waals surface area contributed by atoms with Gasteiger partial charge in [-0.05, 0) is 61.2 Å². The summed E-state index contributed by atoms with van der Waals surface area (Å²) in [4.78, 5) is 0. The van der Waals surface area contributed by atoms with E-state index in [0.717, 1.165) is 15.6 Å². The van der Waals surface area contributed by atoms with Gasteiger partial charge in [0, 0.05) is 16.4 Å². The van der Waals surface area contributed by atoms with E-state index in [1.54, 1.807) is 12.1 Å². The average molecular weight is 533 g/mol. The Kier molecular flexibility index (Phi) is 7.33. The van der Waals surface area contributed by atoms with E-state index in [1.165, 1.54) is 0 Å². The van der Waals surface area contributed by atoms with Gasteiger partial charge in [-0.15, -0.1) is 0 Å². The summed E-state index contributed by atoms with van der Waals surface area (Å²) in [6.07, 6.45) is 2.57. The van der Waals surface area contributed by atoms with Crippen LogP contribution in [-0.2, 0) is 14.5 Å². The van der Waals surface area contributed by atoms with Crippen LogP contribution < -0.4 is 4.74 Å². The van der Waals surface area contributed by atoms with Gasteiger partial charge in [0.25, 0.3) is 0 Å². The third-order valence-electron chi connectivity index (χ3n) is 6.00. The van der Waals surface area contributed by atoms with Crippen molar-refractivity contribution in [3.05, 3.63) is 75.3 Å². The van der Waals surface area contributed by atoms with Crippen molar-refractivity contribution >= 4 is 39.0 Å². The molecule has 2 aromatic rings. The Hall–Kier alpha value is -2.07. The van der Waals surface area contributed by atoms with Crippen molar-refractivity contribution in [1.82, 2.24) is 0 Å². The summed E-state index contributed by atoms with van der Waals surface area (Å²) in [6.45, 7) is 2.13. The second kappa shape index (κ2) is 10.1. The molecule has 1 fully saturated rings. The second-order valence-corrected chi connectivity index (χ2v) is 11.6. The normalized spacial score (nSPS) is 22.4. The highest BCUT2D eigenvalue weighted by atomic mass is 79.9. The lowest BCUT2D eigenvalue weighted by Crippen LogP contribution is -2.42. The van der Waals surface area contributed by atoms with Gasteiger partial charge in [-0.2, -0.15) is 0 Å². The zero-order chi connectivity index (χ0) is 23.6. The smallest absolute Gasteiger partial charge is 0.456 e. The minimum Gasteiger partial charge on any atom is -0.507 e. The van der Waals surface area contributed by atoms with E-state index in [-0.39, 0.29) is 24.4 Å². The first kappa shape index (κ1) is 24.1. The molecule has 0 amide bonds. The fraction of sp³-hybridized carbons (Fsp3) is 0.333. The highest BCUT2D eigenvalue weighted by Gasteiger charge is 2.48. The van der Waals surface area contributed by atoms with Crippen LogP contribution in [0.4, 0.5) is 0 Å². The lowest BCUT2D eigenvalue weighted by Gasteiger charge is -2.32. The van der Waals surface area contributed by atoms with Crippen LogP contribution in [0.1, 0.15) is 25.3 Å². The number of ether oxygens (including phenoxy) is 1. The molecule has 0 aliphatic carbocycles. The topological polar surface area (TPSA) is 93.1 Å². The van der Waals surface area contributed by atoms with Crippen molar-refractivity contribution in [1.29, 1.82) is 0 Å². The summed E-state index contributed by atoms with van der Waals surface area (Å²) in [5.41, 5.74) is 3.15. The first-order valence-corrected chi connectivity index (χ1v) is 13.3. The summed E-state index contributed by atoms with van der Waals surface area (Å²) in [5.74, 6) is 0.784. The maximum atomic E-state index is 12.9. The highest BCUT2D eigenvalue weighted by Crippen LogP contribution is 2.40. The molecule has 2 aliphatic rings. The van der Waals surface area contributed by atoms with Gasteiger partial charge in [0.15, 0.2) is 9.84 Å². The molecule has 174 valence electrons. The number of para-hydroxylation sites is 1. The fourth-order valence-corrected chi connectivity index (χ4v) is 6.91. The third-order valence-corrected chi connectivity index (χ3v) is 8.55. The SMILES string of the molecule is C/C(=C\c1cc(Br)ccc1O)CC[C@H]1OB(O)C[C@H]2C1=C(COc1ccccc1)CS2(=O)=O. The molecule has 1 saturated heterocycles. The molecule has 0 bridgehead atoms. The standard InChI is InChI=1S/C24H26BBrO6S/c1-16(11-17-12-19(26)8-9-21(17)27)7-10-22-24-18(14-31-20-5-3-2-4-6-20)15-33(29,30)23(24)13-25(28)32-22/h2-6,8-9,11-12,22-23,27-28H,7,10,13-15H2,1H3/b16-11+/t22-,23+/m1/s1. The molecule has 33 heavy (non-hydrogen) atoms. The minimum absolute atomic E-state index is 0.0454. The lowest BCUT2D eigenvalue weighted by molar-refractivity contribution is 0.168. The van der Waals surface area contributed by atoms with Crippen molar-refractivity contribution in [3.8, 4) is 11.5 Å². The molecule has 0 aromatic heterocycles. The number of phenols is 1. The Morgan fingerprint density at radius 1 is 1.27 bits per heavy atom. The van der Waals surface area contributed by atoms with E-state index in [1.807, 2.05) is 49.4 Å². The van der Waals surface area contributed by atoms with Gasteiger partial charge in [0.1, 0.15) is 18.1 Å². The summed E-state index contributed by atoms with van der Waals surface area (Å²) < 4.78 is 38.2. The van der Waals surface area contributed by atoms with Gasteiger partial charge in [-0.1, -0.05) is 45.8 Å². The molecule has 0 radical (unpaired) electrons. The van der Waals surface area contributed by atoms with Crippen molar-refractivity contribution in [3.63, 3.8) is 0 Å². The molecular weight excluding hydrogens is 507 g/mol. The molecule has 9 heteroatoms. The molecule has 6 nitrogen and oxygen atoms in total. The number of fused-ring (bicyclic) bond motifs is 1. The maximum Gasteiger partial charge on any atom is 0.456 e. The molecule has 2 aliphatic heterocycles. The van der Waals surface area contributed by atoms with Crippen LogP contribution in [0, 0.1) is 0 Å². The van der Waals surface area contributed by atoms with E-state index >= 15 is 0 Å². The van der Waals surface area contributed by atoms with Gasteiger partial charge < -0.3 is 19.5 Å². The number of hydrogen-bond acceptors (Lipinski definition) is 6. The second-order valence-electron chi connectivity index (χ2n) is 8.50. The Morgan fingerprint density at radius 2 is 2.03 bits per heavy atom. The van der Waals surface area contributed by atoms with Gasteiger partial charge in [-0.25, -0.2) is 8.42 Å². The predicted molar refractivity (Wildman–Crippen MR) is 133 cm³/mol. The molecule has 2 heterocycles. The summed E-state index contributed by atoms with van der Waals surface area (Å²) in [7, 11) is -4.53. The maximum absolute atomic E-state index is 12.9. The van der Waals surface area contributed by atoms with Crippen LogP contribution in [0.3, 0.4) is 0 Å². The number of aromatic hydroxyl groups is 1. The number of halogens is 1. The minimum atomic E-state index is -3.41. The van der Waals surface area contributed by atoms with Gasteiger partial charge in [0.2, 0.25) is 0 Å². The van der Waals surface area contributed by atoms with Crippen molar-refractivity contribution in [2.45, 2.75) is 37.4 Å². The number of hydrogen-bond donors (Lipinski definition) is 2. The highest BCUT2D eigenvalue weighted by molar-refractivity contribution is 9.10. The number of rotatable bonds is 7. The molecule has 0 unspecified atom stereocenters. The number of benzene rings is 2. The molecular formula is C24H26BBrO6S. The van der Waals surface area contributed by atoms with Crippen molar-refractivity contribution in [2.75, 3.05) is 12.4 Å². The molecule has 0 saturated carbocycles. The Morgan fingerprint density at radius 3 is 2.79 bits per heavy atom. The number of sulfone groups is 1. The van der Waals surface area contributed by atoms with Gasteiger partial charge in [-0.3, -0.25) is 0 Å². The van der Waals surface area contributed by atoms with Crippen molar-refractivity contribution in [2.24, 2.45) is 0 Å². The Bertz CT molecular complexity index is 1180. The van der Waals surface area contributed by atoms with Crippen LogP contribution >= 0.6 is 15.9 Å². The van der Waals surface area contributed by atoms with Crippen LogP contribution in [0.25, 0.3) is 6.08 Å². The van der Waals surface area contributed by atoms with Gasteiger partial charge in [0.05, 0.1) is 17.1 Å². The largest absolute Gasteiger partial charge is 0.507 e. The first-order chi connectivity index (χ1) is 15.7. The van der Waals surface area contributed by atoms with E-state index < -0.39 is 28.3 Å². The fourth-order valence-electron chi connectivity index (χ4n) is 4.43. The van der Waals surface area contributed by atoms with E-state index in [4.69, 9.17) is 9.39 Å².